The Morgan fingerprint density at radius 3 is 2.37 bits per heavy atom. The molecular formula is C21H19N3O2S. The van der Waals surface area contributed by atoms with Crippen LogP contribution in [-0.4, -0.2) is 16.8 Å². The van der Waals surface area contributed by atoms with E-state index < -0.39 is 0 Å². The van der Waals surface area contributed by atoms with Gasteiger partial charge in [-0.25, -0.2) is 4.98 Å². The van der Waals surface area contributed by atoms with Gasteiger partial charge in [-0.2, -0.15) is 0 Å². The lowest BCUT2D eigenvalue weighted by molar-refractivity contribution is -0.119. The number of aromatic nitrogens is 1. The normalized spacial score (nSPS) is 11.6. The third kappa shape index (κ3) is 4.74. The second kappa shape index (κ2) is 8.51. The fourth-order valence-electron chi connectivity index (χ4n) is 2.46. The van der Waals surface area contributed by atoms with E-state index in [9.17, 15) is 9.59 Å². The molecular weight excluding hydrogens is 358 g/mol. The molecule has 0 saturated carbocycles. The first-order chi connectivity index (χ1) is 13.0. The van der Waals surface area contributed by atoms with Crippen LogP contribution in [0.4, 0.5) is 5.69 Å². The van der Waals surface area contributed by atoms with E-state index in [2.05, 4.69) is 10.3 Å². The minimum absolute atomic E-state index is 0.239. The maximum atomic E-state index is 12.7. The number of nitrogens with zero attached hydrogens (tertiary/aromatic N) is 1. The van der Waals surface area contributed by atoms with Crippen molar-refractivity contribution in [2.75, 3.05) is 5.32 Å². The standard InChI is InChI=1S/C21H19N3O2S/c1-14(19(22)25)15-9-11-16(12-10-15)24-20(26)18-8-5-13-23-21(18)27-17-6-3-2-4-7-17/h2-14H,1H3,(H2,22,25)(H,24,26). The smallest absolute Gasteiger partial charge is 0.258 e. The number of pyridine rings is 1. The molecule has 1 atom stereocenters. The molecule has 5 nitrogen and oxygen atoms in total. The molecule has 27 heavy (non-hydrogen) atoms. The van der Waals surface area contributed by atoms with Gasteiger partial charge in [0.25, 0.3) is 5.91 Å². The van der Waals surface area contributed by atoms with Crippen molar-refractivity contribution in [2.45, 2.75) is 22.8 Å². The maximum absolute atomic E-state index is 12.7. The molecule has 0 aliphatic heterocycles. The zero-order valence-corrected chi connectivity index (χ0v) is 15.6. The van der Waals surface area contributed by atoms with E-state index in [1.165, 1.54) is 11.8 Å². The largest absolute Gasteiger partial charge is 0.369 e. The molecule has 136 valence electrons. The van der Waals surface area contributed by atoms with E-state index in [0.717, 1.165) is 10.5 Å². The second-order valence-electron chi connectivity index (χ2n) is 5.97. The summed E-state index contributed by atoms with van der Waals surface area (Å²) in [4.78, 5) is 29.3. The predicted molar refractivity (Wildman–Crippen MR) is 107 cm³/mol. The monoisotopic (exact) mass is 377 g/mol. The predicted octanol–water partition coefficient (Wildman–Crippen LogP) is 4.07. The van der Waals surface area contributed by atoms with Gasteiger partial charge in [0.2, 0.25) is 5.91 Å². The highest BCUT2D eigenvalue weighted by molar-refractivity contribution is 7.99. The molecule has 0 saturated heterocycles. The van der Waals surface area contributed by atoms with Gasteiger partial charge in [-0.15, -0.1) is 0 Å². The molecule has 1 heterocycles. The van der Waals surface area contributed by atoms with Crippen molar-refractivity contribution in [2.24, 2.45) is 5.73 Å². The lowest BCUT2D eigenvalue weighted by atomic mass is 10.0. The van der Waals surface area contributed by atoms with Crippen LogP contribution in [0.15, 0.2) is 82.8 Å². The van der Waals surface area contributed by atoms with E-state index in [4.69, 9.17) is 5.73 Å². The van der Waals surface area contributed by atoms with Crippen molar-refractivity contribution in [3.05, 3.63) is 84.1 Å². The number of rotatable bonds is 6. The van der Waals surface area contributed by atoms with Crippen molar-refractivity contribution >= 4 is 29.3 Å². The second-order valence-corrected chi connectivity index (χ2v) is 7.03. The fraction of sp³-hybridized carbons (Fsp3) is 0.0952. The molecule has 3 N–H and O–H groups in total. The van der Waals surface area contributed by atoms with Gasteiger partial charge < -0.3 is 11.1 Å². The van der Waals surface area contributed by atoms with Gasteiger partial charge in [0.15, 0.2) is 0 Å². The Kier molecular flexibility index (Phi) is 5.88. The quantitative estimate of drug-likeness (QED) is 0.678. The molecule has 0 bridgehead atoms. The van der Waals surface area contributed by atoms with E-state index in [1.54, 1.807) is 49.5 Å². The maximum Gasteiger partial charge on any atom is 0.258 e. The van der Waals surface area contributed by atoms with E-state index in [1.807, 2.05) is 30.3 Å². The van der Waals surface area contributed by atoms with Crippen LogP contribution in [0.3, 0.4) is 0 Å². The third-order valence-corrected chi connectivity index (χ3v) is 5.10. The molecule has 2 amide bonds. The molecule has 3 rings (SSSR count). The minimum atomic E-state index is -0.385. The molecule has 1 unspecified atom stereocenters. The van der Waals surface area contributed by atoms with Gasteiger partial charge in [-0.05, 0) is 48.9 Å². The van der Waals surface area contributed by atoms with Crippen LogP contribution >= 0.6 is 11.8 Å². The Morgan fingerprint density at radius 2 is 1.70 bits per heavy atom. The summed E-state index contributed by atoms with van der Waals surface area (Å²) in [5.41, 5.74) is 7.27. The Labute approximate surface area is 162 Å². The van der Waals surface area contributed by atoms with Gasteiger partial charge in [0.05, 0.1) is 11.5 Å². The Hall–Kier alpha value is -3.12. The minimum Gasteiger partial charge on any atom is -0.369 e. The molecule has 0 fully saturated rings. The molecule has 2 aromatic carbocycles. The number of hydrogen-bond acceptors (Lipinski definition) is 4. The van der Waals surface area contributed by atoms with Gasteiger partial charge >= 0.3 is 0 Å². The zero-order valence-electron chi connectivity index (χ0n) is 14.8. The summed E-state index contributed by atoms with van der Waals surface area (Å²) >= 11 is 1.44. The van der Waals surface area contributed by atoms with Crippen LogP contribution in [-0.2, 0) is 4.79 Å². The number of hydrogen-bond donors (Lipinski definition) is 2. The number of benzene rings is 2. The summed E-state index contributed by atoms with van der Waals surface area (Å²) in [5, 5.41) is 3.51. The number of nitrogens with one attached hydrogen (secondary N) is 1. The van der Waals surface area contributed by atoms with Crippen molar-refractivity contribution in [3.8, 4) is 0 Å². The highest BCUT2D eigenvalue weighted by Crippen LogP contribution is 2.29. The van der Waals surface area contributed by atoms with Crippen LogP contribution in [0.25, 0.3) is 0 Å². The van der Waals surface area contributed by atoms with Crippen molar-refractivity contribution in [3.63, 3.8) is 0 Å². The highest BCUT2D eigenvalue weighted by atomic mass is 32.2. The SMILES string of the molecule is CC(C(N)=O)c1ccc(NC(=O)c2cccnc2Sc2ccccc2)cc1. The molecule has 0 radical (unpaired) electrons. The first-order valence-electron chi connectivity index (χ1n) is 8.43. The summed E-state index contributed by atoms with van der Waals surface area (Å²) in [5.74, 6) is -0.996. The Morgan fingerprint density at radius 1 is 1.00 bits per heavy atom. The van der Waals surface area contributed by atoms with Crippen LogP contribution in [0.1, 0.15) is 28.8 Å². The summed E-state index contributed by atoms with van der Waals surface area (Å²) in [6.45, 7) is 1.75. The van der Waals surface area contributed by atoms with Crippen molar-refractivity contribution in [1.82, 2.24) is 4.98 Å². The number of amides is 2. The number of carbonyl (C=O) groups excluding carboxylic acids is 2. The molecule has 0 spiro atoms. The number of primary amides is 1. The topological polar surface area (TPSA) is 85.1 Å². The van der Waals surface area contributed by atoms with Crippen LogP contribution < -0.4 is 11.1 Å². The summed E-state index contributed by atoms with van der Waals surface area (Å²) < 4.78 is 0. The van der Waals surface area contributed by atoms with Gasteiger partial charge in [0, 0.05) is 16.8 Å². The fourth-order valence-corrected chi connectivity index (χ4v) is 3.36. The molecule has 6 heteroatoms. The highest BCUT2D eigenvalue weighted by Gasteiger charge is 2.15. The lowest BCUT2D eigenvalue weighted by Crippen LogP contribution is -2.18. The van der Waals surface area contributed by atoms with Gasteiger partial charge in [-0.1, -0.05) is 42.1 Å². The average molecular weight is 377 g/mol. The summed E-state index contributed by atoms with van der Waals surface area (Å²) in [6, 6.07) is 20.3. The third-order valence-electron chi connectivity index (χ3n) is 4.07. The molecule has 0 aliphatic rings. The Bertz CT molecular complexity index is 943. The number of anilines is 1. The molecule has 3 aromatic rings. The zero-order chi connectivity index (χ0) is 19.2. The van der Waals surface area contributed by atoms with Crippen LogP contribution in [0, 0.1) is 0 Å². The average Bonchev–Trinajstić information content (AvgIpc) is 2.69. The number of carbonyl (C=O) groups is 2. The molecule has 1 aromatic heterocycles. The van der Waals surface area contributed by atoms with Crippen LogP contribution in [0.2, 0.25) is 0 Å². The van der Waals surface area contributed by atoms with Gasteiger partial charge in [0.1, 0.15) is 5.03 Å². The number of nitrogens with two attached hydrogens (primary N) is 1. The lowest BCUT2D eigenvalue weighted by Gasteiger charge is -2.11. The van der Waals surface area contributed by atoms with E-state index in [-0.39, 0.29) is 17.7 Å². The summed E-state index contributed by atoms with van der Waals surface area (Å²) in [7, 11) is 0. The van der Waals surface area contributed by atoms with Crippen LogP contribution in [0.5, 0.6) is 0 Å². The van der Waals surface area contributed by atoms with E-state index in [0.29, 0.717) is 16.3 Å². The van der Waals surface area contributed by atoms with Crippen molar-refractivity contribution in [1.29, 1.82) is 0 Å². The first-order valence-corrected chi connectivity index (χ1v) is 9.25. The van der Waals surface area contributed by atoms with Crippen molar-refractivity contribution < 1.29 is 9.59 Å². The molecule has 0 aliphatic carbocycles. The summed E-state index contributed by atoms with van der Waals surface area (Å²) in [6.07, 6.45) is 1.67. The first kappa shape index (κ1) is 18.7. The van der Waals surface area contributed by atoms with Gasteiger partial charge in [-0.3, -0.25) is 9.59 Å². The Balaban J connectivity index is 1.76. The van der Waals surface area contributed by atoms with E-state index >= 15 is 0 Å².